The van der Waals surface area contributed by atoms with Gasteiger partial charge in [0.2, 0.25) is 0 Å². The van der Waals surface area contributed by atoms with Gasteiger partial charge >= 0.3 is 0 Å². The van der Waals surface area contributed by atoms with Crippen LogP contribution in [0.4, 0.5) is 0 Å². The number of carbonyl (C=O) groups excluding carboxylic acids is 1. The molecule has 1 atom stereocenters. The van der Waals surface area contributed by atoms with Gasteiger partial charge in [0.05, 0.1) is 6.61 Å². The Kier molecular flexibility index (Phi) is 10.0. The van der Waals surface area contributed by atoms with E-state index in [0.717, 1.165) is 6.21 Å². The van der Waals surface area contributed by atoms with Gasteiger partial charge in [-0.1, -0.05) is 60.7 Å². The molecule has 0 saturated heterocycles. The number of carbonyl (C=O) groups is 1. The van der Waals surface area contributed by atoms with Crippen molar-refractivity contribution in [1.29, 1.82) is 5.41 Å². The maximum absolute atomic E-state index is 11.9. The molecular formula is C16H17MnNO3. The quantitative estimate of drug-likeness (QED) is 0.458. The molecule has 4 nitrogen and oxygen atoms in total. The third kappa shape index (κ3) is 6.47. The molecule has 0 amide bonds. The Hall–Kier alpha value is -1.78. The second-order valence-corrected chi connectivity index (χ2v) is 3.93. The van der Waals surface area contributed by atoms with Crippen LogP contribution < -0.4 is 0 Å². The Labute approximate surface area is 134 Å². The molecule has 0 saturated carbocycles. The molecule has 111 valence electrons. The number of benzene rings is 2. The zero-order valence-corrected chi connectivity index (χ0v) is 12.5. The molecule has 0 fully saturated rings. The summed E-state index contributed by atoms with van der Waals surface area (Å²) in [5.41, 5.74) is 1.15. The van der Waals surface area contributed by atoms with Crippen LogP contribution in [0.2, 0.25) is 0 Å². The minimum absolute atomic E-state index is 0. The third-order valence-corrected chi connectivity index (χ3v) is 2.51. The smallest absolute Gasteiger partial charge is 0.195 e. The number of hydrogen-bond donors (Lipinski definition) is 3. The Balaban J connectivity index is 0.000000715. The minimum Gasteiger partial charge on any atom is -0.391 e. The molecule has 0 aliphatic carbocycles. The van der Waals surface area contributed by atoms with E-state index in [-0.39, 0.29) is 29.5 Å². The van der Waals surface area contributed by atoms with Crippen LogP contribution in [0.25, 0.3) is 0 Å². The van der Waals surface area contributed by atoms with Crippen molar-refractivity contribution >= 4 is 12.0 Å². The van der Waals surface area contributed by atoms with Gasteiger partial charge in [0.15, 0.2) is 5.78 Å². The number of aliphatic hydroxyl groups excluding tert-OH is 2. The van der Waals surface area contributed by atoms with Crippen molar-refractivity contribution in [3.8, 4) is 0 Å². The van der Waals surface area contributed by atoms with E-state index in [1.54, 1.807) is 48.5 Å². The maximum Gasteiger partial charge on any atom is 0.195 e. The average Bonchev–Trinajstić information content (AvgIpc) is 2.55. The van der Waals surface area contributed by atoms with E-state index < -0.39 is 6.10 Å². The molecule has 1 radical (unpaired) electrons. The van der Waals surface area contributed by atoms with E-state index >= 15 is 0 Å². The fourth-order valence-electron chi connectivity index (χ4n) is 1.55. The first-order valence-corrected chi connectivity index (χ1v) is 6.12. The first-order valence-electron chi connectivity index (χ1n) is 6.12. The SMILES string of the molecule is N=CCO.O=C(c1ccccc1)C(O)c1ccccc1.[Mn]. The molecule has 2 aromatic rings. The monoisotopic (exact) mass is 326 g/mol. The molecule has 0 aliphatic rings. The van der Waals surface area contributed by atoms with Gasteiger partial charge in [0, 0.05) is 28.8 Å². The number of hydrogen-bond acceptors (Lipinski definition) is 4. The van der Waals surface area contributed by atoms with Gasteiger partial charge in [0.25, 0.3) is 0 Å². The summed E-state index contributed by atoms with van der Waals surface area (Å²) in [7, 11) is 0. The van der Waals surface area contributed by atoms with Crippen molar-refractivity contribution in [1.82, 2.24) is 0 Å². The molecule has 3 N–H and O–H groups in total. The van der Waals surface area contributed by atoms with Crippen LogP contribution in [0.1, 0.15) is 22.0 Å². The van der Waals surface area contributed by atoms with Gasteiger partial charge in [-0.05, 0) is 5.56 Å². The number of rotatable bonds is 4. The number of Topliss-reactive ketones (excluding diaryl/α,β-unsaturated/α-hetero) is 1. The number of ketones is 1. The van der Waals surface area contributed by atoms with E-state index in [4.69, 9.17) is 10.5 Å². The Bertz CT molecular complexity index is 532. The van der Waals surface area contributed by atoms with Crippen molar-refractivity contribution in [2.24, 2.45) is 0 Å². The average molecular weight is 326 g/mol. The Morgan fingerprint density at radius 3 is 1.90 bits per heavy atom. The Morgan fingerprint density at radius 1 is 1.05 bits per heavy atom. The van der Waals surface area contributed by atoms with Crippen molar-refractivity contribution in [2.75, 3.05) is 6.61 Å². The van der Waals surface area contributed by atoms with Gasteiger partial charge in [-0.2, -0.15) is 0 Å². The molecule has 21 heavy (non-hydrogen) atoms. The van der Waals surface area contributed by atoms with Crippen LogP contribution in [0, 0.1) is 5.41 Å². The maximum atomic E-state index is 11.9. The van der Waals surface area contributed by atoms with Gasteiger partial charge in [0.1, 0.15) is 6.10 Å². The molecule has 0 spiro atoms. The summed E-state index contributed by atoms with van der Waals surface area (Å²) in [6, 6.07) is 17.7. The fourth-order valence-corrected chi connectivity index (χ4v) is 1.55. The van der Waals surface area contributed by atoms with Crippen LogP contribution >= 0.6 is 0 Å². The first-order chi connectivity index (χ1) is 9.70. The second kappa shape index (κ2) is 10.9. The van der Waals surface area contributed by atoms with Crippen LogP contribution in [-0.2, 0) is 17.1 Å². The van der Waals surface area contributed by atoms with Crippen molar-refractivity contribution in [3.63, 3.8) is 0 Å². The van der Waals surface area contributed by atoms with Crippen LogP contribution in [0.5, 0.6) is 0 Å². The molecule has 0 heterocycles. The predicted molar refractivity (Wildman–Crippen MR) is 78.0 cm³/mol. The summed E-state index contributed by atoms with van der Waals surface area (Å²) in [4.78, 5) is 11.9. The van der Waals surface area contributed by atoms with Crippen molar-refractivity contribution in [3.05, 3.63) is 71.8 Å². The summed E-state index contributed by atoms with van der Waals surface area (Å²) in [5.74, 6) is -0.271. The van der Waals surface area contributed by atoms with Crippen LogP contribution in [0.3, 0.4) is 0 Å². The van der Waals surface area contributed by atoms with E-state index in [1.807, 2.05) is 12.1 Å². The van der Waals surface area contributed by atoms with Gasteiger partial charge in [-0.25, -0.2) is 0 Å². The fraction of sp³-hybridized carbons (Fsp3) is 0.125. The van der Waals surface area contributed by atoms with Crippen LogP contribution in [0.15, 0.2) is 60.7 Å². The van der Waals surface area contributed by atoms with Gasteiger partial charge in [-0.3, -0.25) is 4.79 Å². The molecule has 0 aliphatic heterocycles. The Morgan fingerprint density at radius 2 is 1.48 bits per heavy atom. The molecule has 5 heteroatoms. The van der Waals surface area contributed by atoms with Gasteiger partial charge in [-0.15, -0.1) is 0 Å². The number of aliphatic hydroxyl groups is 2. The van der Waals surface area contributed by atoms with Gasteiger partial charge < -0.3 is 15.6 Å². The molecule has 0 bridgehead atoms. The van der Waals surface area contributed by atoms with Crippen molar-refractivity contribution < 1.29 is 32.1 Å². The molecule has 2 aromatic carbocycles. The van der Waals surface area contributed by atoms with E-state index in [0.29, 0.717) is 11.1 Å². The minimum atomic E-state index is -1.08. The van der Waals surface area contributed by atoms with E-state index in [2.05, 4.69) is 0 Å². The zero-order valence-electron chi connectivity index (χ0n) is 11.3. The normalized spacial score (nSPS) is 10.4. The first kappa shape index (κ1) is 19.2. The summed E-state index contributed by atoms with van der Waals surface area (Å²) >= 11 is 0. The van der Waals surface area contributed by atoms with Crippen LogP contribution in [-0.4, -0.2) is 28.8 Å². The topological polar surface area (TPSA) is 81.4 Å². The standard InChI is InChI=1S/C14H12O2.C2H5NO.Mn/c15-13(11-7-3-1-4-8-11)14(16)12-9-5-2-6-10-12;3-1-2-4;/h1-10,13,15H;1,3-4H,2H2;. The van der Waals surface area contributed by atoms with E-state index in [9.17, 15) is 9.90 Å². The molecule has 1 unspecified atom stereocenters. The number of nitrogens with one attached hydrogen (secondary N) is 1. The molecule has 0 aromatic heterocycles. The summed E-state index contributed by atoms with van der Waals surface area (Å²) in [5, 5.41) is 23.6. The third-order valence-electron chi connectivity index (χ3n) is 2.51. The largest absolute Gasteiger partial charge is 0.391 e. The summed E-state index contributed by atoms with van der Waals surface area (Å²) in [6.07, 6.45) is -0.149. The molecular weight excluding hydrogens is 309 g/mol. The van der Waals surface area contributed by atoms with Crippen molar-refractivity contribution in [2.45, 2.75) is 6.10 Å². The summed E-state index contributed by atoms with van der Waals surface area (Å²) < 4.78 is 0. The van der Waals surface area contributed by atoms with E-state index in [1.165, 1.54) is 0 Å². The predicted octanol–water partition coefficient (Wildman–Crippen LogP) is 2.23. The zero-order chi connectivity index (χ0) is 14.8. The second-order valence-electron chi connectivity index (χ2n) is 3.93. The molecule has 2 rings (SSSR count). The summed E-state index contributed by atoms with van der Waals surface area (Å²) in [6.45, 7) is -0.139.